The van der Waals surface area contributed by atoms with E-state index in [0.29, 0.717) is 12.4 Å². The van der Waals surface area contributed by atoms with Crippen molar-refractivity contribution < 1.29 is 0 Å². The first-order valence-corrected chi connectivity index (χ1v) is 6.32. The van der Waals surface area contributed by atoms with Crippen LogP contribution in [0.4, 0.5) is 5.82 Å². The Labute approximate surface area is 105 Å². The van der Waals surface area contributed by atoms with Gasteiger partial charge in [-0.15, -0.1) is 11.3 Å². The predicted octanol–water partition coefficient (Wildman–Crippen LogP) is 2.22. The highest BCUT2D eigenvalue weighted by atomic mass is 79.9. The summed E-state index contributed by atoms with van der Waals surface area (Å²) in [5.74, 6) is 0.384. The van der Waals surface area contributed by atoms with E-state index in [-0.39, 0.29) is 5.56 Å². The van der Waals surface area contributed by atoms with Crippen LogP contribution in [0, 0.1) is 0 Å². The molecule has 0 radical (unpaired) electrons. The van der Waals surface area contributed by atoms with E-state index in [0.717, 1.165) is 9.35 Å². The number of nitrogens with zero attached hydrogens (tertiary/aromatic N) is 2. The fraction of sp³-hybridized carbons (Fsp3) is 0.200. The molecule has 0 fully saturated rings. The number of rotatable bonds is 3. The van der Waals surface area contributed by atoms with E-state index >= 15 is 0 Å². The van der Waals surface area contributed by atoms with Crippen LogP contribution in [-0.4, -0.2) is 9.55 Å². The molecule has 16 heavy (non-hydrogen) atoms. The van der Waals surface area contributed by atoms with Gasteiger partial charge in [0.1, 0.15) is 0 Å². The van der Waals surface area contributed by atoms with Crippen molar-refractivity contribution in [2.75, 3.05) is 5.32 Å². The maximum Gasteiger partial charge on any atom is 0.293 e. The molecular formula is C10H10BrN3OS. The van der Waals surface area contributed by atoms with Crippen molar-refractivity contribution in [3.8, 4) is 0 Å². The molecule has 0 saturated heterocycles. The Hall–Kier alpha value is -1.14. The highest BCUT2D eigenvalue weighted by Gasteiger charge is 2.03. The number of aromatic nitrogens is 2. The van der Waals surface area contributed by atoms with Gasteiger partial charge in [0, 0.05) is 34.2 Å². The van der Waals surface area contributed by atoms with Gasteiger partial charge in [-0.25, -0.2) is 4.98 Å². The number of thiophene rings is 1. The van der Waals surface area contributed by atoms with Crippen molar-refractivity contribution in [3.05, 3.63) is 43.5 Å². The quantitative estimate of drug-likeness (QED) is 0.945. The van der Waals surface area contributed by atoms with Gasteiger partial charge in [0.2, 0.25) is 0 Å². The molecule has 0 unspecified atom stereocenters. The van der Waals surface area contributed by atoms with Gasteiger partial charge in [-0.3, -0.25) is 4.79 Å². The minimum absolute atomic E-state index is 0.113. The molecule has 0 bridgehead atoms. The van der Waals surface area contributed by atoms with Crippen molar-refractivity contribution in [1.29, 1.82) is 0 Å². The summed E-state index contributed by atoms with van der Waals surface area (Å²) in [5.41, 5.74) is -0.113. The van der Waals surface area contributed by atoms with Gasteiger partial charge < -0.3 is 9.88 Å². The fourth-order valence-corrected chi connectivity index (χ4v) is 2.63. The molecule has 2 rings (SSSR count). The number of hydrogen-bond donors (Lipinski definition) is 1. The lowest BCUT2D eigenvalue weighted by molar-refractivity contribution is 0.840. The average Bonchev–Trinajstić information content (AvgIpc) is 2.67. The molecule has 0 spiro atoms. The number of nitrogens with one attached hydrogen (secondary N) is 1. The SMILES string of the molecule is Cn1ccnc(NCc2cc(Br)cs2)c1=O. The largest absolute Gasteiger partial charge is 0.361 e. The van der Waals surface area contributed by atoms with Crippen LogP contribution >= 0.6 is 27.3 Å². The molecule has 0 amide bonds. The first-order chi connectivity index (χ1) is 7.66. The summed E-state index contributed by atoms with van der Waals surface area (Å²) in [4.78, 5) is 16.8. The minimum Gasteiger partial charge on any atom is -0.361 e. The topological polar surface area (TPSA) is 46.9 Å². The third-order valence-electron chi connectivity index (χ3n) is 2.07. The maximum absolute atomic E-state index is 11.6. The molecule has 0 aliphatic rings. The van der Waals surface area contributed by atoms with E-state index in [4.69, 9.17) is 0 Å². The summed E-state index contributed by atoms with van der Waals surface area (Å²) in [5, 5.41) is 5.04. The zero-order valence-electron chi connectivity index (χ0n) is 8.61. The molecule has 4 nitrogen and oxygen atoms in total. The second-order valence-electron chi connectivity index (χ2n) is 3.28. The van der Waals surface area contributed by atoms with E-state index in [1.807, 2.05) is 11.4 Å². The second kappa shape index (κ2) is 4.80. The summed E-state index contributed by atoms with van der Waals surface area (Å²) in [6.07, 6.45) is 3.24. The first kappa shape index (κ1) is 11.3. The van der Waals surface area contributed by atoms with Gasteiger partial charge in [-0.1, -0.05) is 0 Å². The highest BCUT2D eigenvalue weighted by Crippen LogP contribution is 2.19. The Balaban J connectivity index is 2.11. The monoisotopic (exact) mass is 299 g/mol. The number of aryl methyl sites for hydroxylation is 1. The Morgan fingerprint density at radius 1 is 1.62 bits per heavy atom. The zero-order valence-corrected chi connectivity index (χ0v) is 11.0. The smallest absolute Gasteiger partial charge is 0.293 e. The molecule has 6 heteroatoms. The summed E-state index contributed by atoms with van der Waals surface area (Å²) in [7, 11) is 1.71. The normalized spacial score (nSPS) is 10.4. The van der Waals surface area contributed by atoms with E-state index < -0.39 is 0 Å². The van der Waals surface area contributed by atoms with Crippen LogP contribution in [0.2, 0.25) is 0 Å². The van der Waals surface area contributed by atoms with Crippen LogP contribution < -0.4 is 10.9 Å². The summed E-state index contributed by atoms with van der Waals surface area (Å²) in [6.45, 7) is 0.614. The van der Waals surface area contributed by atoms with Crippen LogP contribution in [0.25, 0.3) is 0 Å². The van der Waals surface area contributed by atoms with Gasteiger partial charge in [0.05, 0.1) is 6.54 Å². The number of anilines is 1. The third kappa shape index (κ3) is 2.51. The number of hydrogen-bond acceptors (Lipinski definition) is 4. The van der Waals surface area contributed by atoms with E-state index in [9.17, 15) is 4.79 Å². The maximum atomic E-state index is 11.6. The molecule has 0 aliphatic heterocycles. The van der Waals surface area contributed by atoms with E-state index in [1.165, 1.54) is 4.57 Å². The molecule has 0 atom stereocenters. The van der Waals surface area contributed by atoms with Crippen molar-refractivity contribution in [1.82, 2.24) is 9.55 Å². The van der Waals surface area contributed by atoms with Crippen LogP contribution in [0.15, 0.2) is 33.1 Å². The van der Waals surface area contributed by atoms with Gasteiger partial charge in [-0.2, -0.15) is 0 Å². The van der Waals surface area contributed by atoms with Crippen LogP contribution in [-0.2, 0) is 13.6 Å². The molecule has 2 aromatic rings. The lowest BCUT2D eigenvalue weighted by Crippen LogP contribution is -2.21. The molecule has 0 aromatic carbocycles. The van der Waals surface area contributed by atoms with Crippen molar-refractivity contribution >= 4 is 33.1 Å². The van der Waals surface area contributed by atoms with Crippen LogP contribution in [0.5, 0.6) is 0 Å². The van der Waals surface area contributed by atoms with Crippen LogP contribution in [0.3, 0.4) is 0 Å². The predicted molar refractivity (Wildman–Crippen MR) is 68.8 cm³/mol. The average molecular weight is 300 g/mol. The van der Waals surface area contributed by atoms with Crippen molar-refractivity contribution in [2.24, 2.45) is 7.05 Å². The first-order valence-electron chi connectivity index (χ1n) is 4.65. The summed E-state index contributed by atoms with van der Waals surface area (Å²) >= 11 is 5.02. The van der Waals surface area contributed by atoms with Crippen molar-refractivity contribution in [2.45, 2.75) is 6.54 Å². The Bertz CT molecular complexity index is 549. The molecule has 0 saturated carbocycles. The summed E-state index contributed by atoms with van der Waals surface area (Å²) in [6, 6.07) is 2.02. The molecule has 2 heterocycles. The van der Waals surface area contributed by atoms with E-state index in [1.54, 1.807) is 30.8 Å². The van der Waals surface area contributed by atoms with E-state index in [2.05, 4.69) is 26.2 Å². The fourth-order valence-electron chi connectivity index (χ4n) is 1.24. The van der Waals surface area contributed by atoms with Gasteiger partial charge in [-0.05, 0) is 22.0 Å². The molecule has 1 N–H and O–H groups in total. The second-order valence-corrected chi connectivity index (χ2v) is 5.19. The molecule has 0 aliphatic carbocycles. The minimum atomic E-state index is -0.113. The Morgan fingerprint density at radius 3 is 3.12 bits per heavy atom. The Kier molecular flexibility index (Phi) is 3.40. The Morgan fingerprint density at radius 2 is 2.44 bits per heavy atom. The van der Waals surface area contributed by atoms with Crippen molar-refractivity contribution in [3.63, 3.8) is 0 Å². The van der Waals surface area contributed by atoms with Gasteiger partial charge >= 0.3 is 0 Å². The highest BCUT2D eigenvalue weighted by molar-refractivity contribution is 9.10. The standard InChI is InChI=1S/C10H10BrN3OS/c1-14-3-2-12-9(10(14)15)13-5-8-4-7(11)6-16-8/h2-4,6H,5H2,1H3,(H,12,13). The van der Waals surface area contributed by atoms with Gasteiger partial charge in [0.15, 0.2) is 5.82 Å². The van der Waals surface area contributed by atoms with Gasteiger partial charge in [0.25, 0.3) is 5.56 Å². The third-order valence-corrected chi connectivity index (χ3v) is 3.77. The summed E-state index contributed by atoms with van der Waals surface area (Å²) < 4.78 is 2.56. The van der Waals surface area contributed by atoms with Crippen LogP contribution in [0.1, 0.15) is 4.88 Å². The lowest BCUT2D eigenvalue weighted by Gasteiger charge is -2.04. The molecular weight excluding hydrogens is 290 g/mol. The zero-order chi connectivity index (χ0) is 11.5. The molecule has 84 valence electrons. The lowest BCUT2D eigenvalue weighted by atomic mass is 10.4. The molecule has 2 aromatic heterocycles. The number of halogens is 1.